The van der Waals surface area contributed by atoms with Crippen LogP contribution >= 0.6 is 0 Å². The largest absolute Gasteiger partial charge is 0.309 e. The van der Waals surface area contributed by atoms with Gasteiger partial charge in [-0.2, -0.15) is 0 Å². The van der Waals surface area contributed by atoms with E-state index in [4.69, 9.17) is 0 Å². The van der Waals surface area contributed by atoms with Gasteiger partial charge in [0, 0.05) is 88.1 Å². The molecule has 0 aliphatic rings. The second-order valence-electron chi connectivity index (χ2n) is 47.6. The van der Waals surface area contributed by atoms with E-state index in [1.54, 1.807) is 0 Å². The van der Waals surface area contributed by atoms with Crippen molar-refractivity contribution in [1.82, 2.24) is 13.5 Å². The maximum absolute atomic E-state index is 2.77. The highest BCUT2D eigenvalue weighted by atomic mass is 15.2. The summed E-state index contributed by atoms with van der Waals surface area (Å²) in [6, 6.07) is 140. The lowest BCUT2D eigenvalue weighted by Gasteiger charge is -2.36. The third kappa shape index (κ3) is 16.3. The second kappa shape index (κ2) is 33.3. The van der Waals surface area contributed by atoms with Crippen molar-refractivity contribution in [3.05, 3.63) is 402 Å². The summed E-state index contributed by atoms with van der Waals surface area (Å²) in [4.78, 5) is 5.53. The van der Waals surface area contributed by atoms with E-state index in [2.05, 4.69) is 547 Å². The fourth-order valence-corrected chi connectivity index (χ4v) is 21.4. The SMILES string of the molecule is CC(C)(C)c1cc(-c2ccccc2)c(N(c2cccc(-n3c4ccc(C(C)(C)C)cc4c4cc(C(C)(C)C)ccc43)c2)c2cc(N(c3cccc(-n4c5ccc(C(C)(C)C)cc5c5cc(C(C)(C)C)ccc54)c3)c3c(-c4ccccc4)cc(C(C)(C)C)cc3-c3cccc(-c4ccccc4)c3)c3c4cc(C(C)(C)C)ccc4n4c5ccc(C(C)(C)C)cc5c2c34)c(-c2cccc(-c3ccccc3)c2)c1. The van der Waals surface area contributed by atoms with Gasteiger partial charge in [0.1, 0.15) is 0 Å². The number of nitrogens with zero attached hydrogens (tertiary/aromatic N) is 5. The van der Waals surface area contributed by atoms with Crippen LogP contribution in [0.4, 0.5) is 34.1 Å². The lowest BCUT2D eigenvalue weighted by molar-refractivity contribution is 0.590. The molecule has 17 aromatic carbocycles. The molecule has 0 fully saturated rings. The first-order valence-electron chi connectivity index (χ1n) is 50.1. The summed E-state index contributed by atoms with van der Waals surface area (Å²) in [5.41, 5.74) is 38.2. The quantitative estimate of drug-likeness (QED) is 0.108. The molecule has 0 N–H and O–H groups in total. The van der Waals surface area contributed by atoms with Crippen molar-refractivity contribution in [1.29, 1.82) is 0 Å². The van der Waals surface area contributed by atoms with E-state index in [9.17, 15) is 0 Å². The highest BCUT2D eigenvalue weighted by molar-refractivity contribution is 6.32. The van der Waals surface area contributed by atoms with E-state index in [-0.39, 0.29) is 43.3 Å². The fraction of sp³-hybridized carbons (Fsp3) is 0.239. The van der Waals surface area contributed by atoms with Gasteiger partial charge in [-0.1, -0.05) is 372 Å². The predicted molar refractivity (Wildman–Crippen MR) is 601 cm³/mol. The molecule has 21 rings (SSSR count). The van der Waals surface area contributed by atoms with Gasteiger partial charge < -0.3 is 23.3 Å². The van der Waals surface area contributed by atoms with Crippen LogP contribution in [0.1, 0.15) is 211 Å². The van der Waals surface area contributed by atoms with E-state index in [1.165, 1.54) is 76.8 Å². The monoisotopic (exact) mass is 1810 g/mol. The van der Waals surface area contributed by atoms with Crippen LogP contribution in [0.25, 0.3) is 160 Å². The molecule has 4 aromatic heterocycles. The van der Waals surface area contributed by atoms with Crippen LogP contribution in [0.5, 0.6) is 0 Å². The molecule has 0 saturated heterocycles. The third-order valence-electron chi connectivity index (χ3n) is 29.5. The molecule has 0 spiro atoms. The van der Waals surface area contributed by atoms with Gasteiger partial charge in [0.05, 0.1) is 61.4 Å². The van der Waals surface area contributed by atoms with Gasteiger partial charge in [-0.25, -0.2) is 0 Å². The van der Waals surface area contributed by atoms with Gasteiger partial charge in [-0.05, 0) is 284 Å². The van der Waals surface area contributed by atoms with E-state index >= 15 is 0 Å². The Bertz CT molecular complexity index is 7770. The normalized spacial score (nSPS) is 12.9. The Labute approximate surface area is 823 Å². The van der Waals surface area contributed by atoms with Crippen LogP contribution in [0, 0.1) is 0 Å². The fourth-order valence-electron chi connectivity index (χ4n) is 21.4. The van der Waals surface area contributed by atoms with Crippen LogP contribution in [0.3, 0.4) is 0 Å². The number of hydrogen-bond acceptors (Lipinski definition) is 2. The van der Waals surface area contributed by atoms with Crippen molar-refractivity contribution < 1.29 is 0 Å². The van der Waals surface area contributed by atoms with E-state index in [0.29, 0.717) is 0 Å². The molecule has 0 amide bonds. The van der Waals surface area contributed by atoms with Gasteiger partial charge in [0.25, 0.3) is 0 Å². The predicted octanol–water partition coefficient (Wildman–Crippen LogP) is 38.4. The average Bonchev–Trinajstić information content (AvgIpc) is 1.51. The third-order valence-corrected chi connectivity index (χ3v) is 29.5. The molecule has 5 nitrogen and oxygen atoms in total. The molecule has 0 saturated carbocycles. The van der Waals surface area contributed by atoms with Gasteiger partial charge in [-0.3, -0.25) is 0 Å². The smallest absolute Gasteiger partial charge is 0.0662 e. The van der Waals surface area contributed by atoms with Crippen molar-refractivity contribution in [3.63, 3.8) is 0 Å². The lowest BCUT2D eigenvalue weighted by atomic mass is 9.81. The summed E-state index contributed by atoms with van der Waals surface area (Å²) in [6.07, 6.45) is 0. The van der Waals surface area contributed by atoms with E-state index < -0.39 is 0 Å². The highest BCUT2D eigenvalue weighted by Gasteiger charge is 2.38. The molecule has 4 heterocycles. The van der Waals surface area contributed by atoms with Crippen LogP contribution in [0.15, 0.2) is 358 Å². The Kier molecular flexibility index (Phi) is 21.8. The minimum atomic E-state index is -0.319. The van der Waals surface area contributed by atoms with E-state index in [0.717, 1.165) is 162 Å². The van der Waals surface area contributed by atoms with Crippen LogP contribution < -0.4 is 9.80 Å². The molecule has 0 radical (unpaired) electrons. The Balaban J connectivity index is 1.01. The van der Waals surface area contributed by atoms with E-state index in [1.807, 2.05) is 0 Å². The Hall–Kier alpha value is -14.3. The number of hydrogen-bond donors (Lipinski definition) is 0. The van der Waals surface area contributed by atoms with Crippen molar-refractivity contribution >= 4 is 116 Å². The first-order valence-corrected chi connectivity index (χ1v) is 50.1. The Morgan fingerprint density at radius 3 is 0.712 bits per heavy atom. The van der Waals surface area contributed by atoms with Crippen molar-refractivity contribution in [2.75, 3.05) is 9.80 Å². The molecule has 5 heteroatoms. The minimum absolute atomic E-state index is 0.109. The van der Waals surface area contributed by atoms with Gasteiger partial charge in [0.2, 0.25) is 0 Å². The maximum atomic E-state index is 2.77. The topological polar surface area (TPSA) is 20.8 Å². The average molecular weight is 1810 g/mol. The maximum Gasteiger partial charge on any atom is 0.0662 e. The molecule has 21 aromatic rings. The van der Waals surface area contributed by atoms with Crippen LogP contribution in [-0.4, -0.2) is 13.5 Å². The molecular formula is C134H131N5. The second-order valence-corrected chi connectivity index (χ2v) is 47.6. The summed E-state index contributed by atoms with van der Waals surface area (Å²) in [6.45, 7) is 56.7. The minimum Gasteiger partial charge on any atom is -0.309 e. The molecule has 0 aliphatic carbocycles. The summed E-state index contributed by atoms with van der Waals surface area (Å²) in [7, 11) is 0. The molecule has 139 heavy (non-hydrogen) atoms. The van der Waals surface area contributed by atoms with Crippen LogP contribution in [-0.2, 0) is 43.3 Å². The Morgan fingerprint density at radius 2 is 0.424 bits per heavy atom. The number of fused-ring (bicyclic) bond motifs is 12. The zero-order chi connectivity index (χ0) is 97.4. The number of aromatic nitrogens is 3. The van der Waals surface area contributed by atoms with Crippen LogP contribution in [0.2, 0.25) is 0 Å². The molecule has 0 aliphatic heterocycles. The van der Waals surface area contributed by atoms with Crippen molar-refractivity contribution in [2.45, 2.75) is 209 Å². The van der Waals surface area contributed by atoms with Gasteiger partial charge >= 0.3 is 0 Å². The van der Waals surface area contributed by atoms with Gasteiger partial charge in [-0.15, -0.1) is 0 Å². The molecular weight excluding hydrogens is 1680 g/mol. The summed E-state index contributed by atoms with van der Waals surface area (Å²) in [5.74, 6) is 0. The summed E-state index contributed by atoms with van der Waals surface area (Å²) >= 11 is 0. The standard InChI is InChI=1S/C134H131N5/c1-127(2,3)92-57-63-114-108(71-92)109-72-93(128(4,5)6)58-64-115(109)135(114)100-53-39-55-102(81-100)137(124-104(86-45-33-27-34-46-86)77-98(133(19,20)21)79-106(124)90-51-37-49-88(69-90)84-41-29-25-30-42-84)120-83-121(123-113-76-97(132(16,17)18)62-68-119(113)139-118-67-61-96(131(13,14)15)75-112(118)122(120)126(123)139)138(103-56-40-54-101(82-103)136-116-65-59-94(129(7,8)9)73-110(116)111-74-95(130(10,11)12)60-66-117(111)136)125-105(87-47-35-28-36-48-87)78-99(134(22,23)24)80-107(125)91-52-38-50-89(70-91)85-43-31-26-32-44-85/h25-83H,1-24H3. The molecule has 0 unspecified atom stereocenters. The number of benzene rings is 17. The van der Waals surface area contributed by atoms with Crippen molar-refractivity contribution in [2.24, 2.45) is 0 Å². The van der Waals surface area contributed by atoms with Crippen molar-refractivity contribution in [3.8, 4) is 78.1 Å². The number of rotatable bonds is 14. The van der Waals surface area contributed by atoms with Gasteiger partial charge in [0.15, 0.2) is 0 Å². The first-order chi connectivity index (χ1) is 66.0. The highest BCUT2D eigenvalue weighted by Crippen LogP contribution is 2.60. The zero-order valence-corrected chi connectivity index (χ0v) is 85.8. The molecule has 0 atom stereocenters. The first kappa shape index (κ1) is 91.2. The summed E-state index contributed by atoms with van der Waals surface area (Å²) in [5, 5.41) is 9.58. The molecule has 692 valence electrons. The lowest BCUT2D eigenvalue weighted by Crippen LogP contribution is -2.19. The Morgan fingerprint density at radius 1 is 0.180 bits per heavy atom. The number of anilines is 6. The zero-order valence-electron chi connectivity index (χ0n) is 85.8. The molecule has 0 bridgehead atoms. The summed E-state index contributed by atoms with van der Waals surface area (Å²) < 4.78 is 7.82.